The fourth-order valence-electron chi connectivity index (χ4n) is 2.09. The quantitative estimate of drug-likeness (QED) is 0.858. The maximum atomic E-state index is 12.1. The van der Waals surface area contributed by atoms with E-state index in [9.17, 15) is 4.79 Å². The van der Waals surface area contributed by atoms with Crippen LogP contribution < -0.4 is 5.32 Å². The average molecular weight is 303 g/mol. The Morgan fingerprint density at radius 3 is 2.75 bits per heavy atom. The van der Waals surface area contributed by atoms with Crippen LogP contribution in [0.15, 0.2) is 12.4 Å². The maximum Gasteiger partial charge on any atom is 0.410 e. The number of nitrogens with zero attached hydrogens (tertiary/aromatic N) is 3. The van der Waals surface area contributed by atoms with Gasteiger partial charge in [0.2, 0.25) is 0 Å². The molecule has 2 rings (SSSR count). The second-order valence-electron chi connectivity index (χ2n) is 5.88. The number of hydrogen-bond acceptors (Lipinski definition) is 4. The number of hydrogen-bond donors (Lipinski definition) is 1. The minimum absolute atomic E-state index is 0. The second kappa shape index (κ2) is 6.45. The molecule has 0 radical (unpaired) electrons. The predicted octanol–water partition coefficient (Wildman–Crippen LogP) is 1.72. The van der Waals surface area contributed by atoms with E-state index in [0.717, 1.165) is 12.1 Å². The Morgan fingerprint density at radius 2 is 2.20 bits per heavy atom. The number of amides is 1. The number of rotatable bonds is 1. The number of aromatic nitrogens is 2. The zero-order valence-corrected chi connectivity index (χ0v) is 13.2. The maximum absolute atomic E-state index is 12.1. The van der Waals surface area contributed by atoms with Gasteiger partial charge in [-0.25, -0.2) is 4.79 Å². The monoisotopic (exact) mass is 302 g/mol. The Kier molecular flexibility index (Phi) is 5.42. The van der Waals surface area contributed by atoms with Gasteiger partial charge >= 0.3 is 6.09 Å². The molecule has 0 bridgehead atoms. The van der Waals surface area contributed by atoms with Crippen LogP contribution in [0.4, 0.5) is 4.79 Å². The average Bonchev–Trinajstić information content (AvgIpc) is 2.74. The molecule has 20 heavy (non-hydrogen) atoms. The molecule has 1 saturated heterocycles. The van der Waals surface area contributed by atoms with Gasteiger partial charge in [-0.1, -0.05) is 0 Å². The predicted molar refractivity (Wildman–Crippen MR) is 79.0 cm³/mol. The Bertz CT molecular complexity index is 455. The van der Waals surface area contributed by atoms with Crippen LogP contribution in [0.5, 0.6) is 0 Å². The first-order valence-electron chi connectivity index (χ1n) is 6.55. The smallest absolute Gasteiger partial charge is 0.410 e. The fourth-order valence-corrected chi connectivity index (χ4v) is 2.09. The molecular formula is C13H23ClN4O2. The van der Waals surface area contributed by atoms with Crippen molar-refractivity contribution in [2.75, 3.05) is 19.6 Å². The van der Waals surface area contributed by atoms with Crippen molar-refractivity contribution in [3.63, 3.8) is 0 Å². The minimum Gasteiger partial charge on any atom is -0.444 e. The largest absolute Gasteiger partial charge is 0.444 e. The molecule has 1 atom stereocenters. The topological polar surface area (TPSA) is 59.4 Å². The zero-order valence-electron chi connectivity index (χ0n) is 12.4. The van der Waals surface area contributed by atoms with Gasteiger partial charge in [-0.05, 0) is 20.8 Å². The normalized spacial score (nSPS) is 19.4. The van der Waals surface area contributed by atoms with Crippen LogP contribution in [0.25, 0.3) is 0 Å². The highest BCUT2D eigenvalue weighted by atomic mass is 35.5. The van der Waals surface area contributed by atoms with Crippen LogP contribution >= 0.6 is 12.4 Å². The molecule has 1 unspecified atom stereocenters. The molecule has 2 heterocycles. The number of piperazine rings is 1. The molecule has 1 fully saturated rings. The molecule has 1 aromatic heterocycles. The highest BCUT2D eigenvalue weighted by Gasteiger charge is 2.28. The first kappa shape index (κ1) is 16.8. The summed E-state index contributed by atoms with van der Waals surface area (Å²) in [4.78, 5) is 13.8. The van der Waals surface area contributed by atoms with Crippen molar-refractivity contribution in [1.82, 2.24) is 20.0 Å². The molecule has 1 aliphatic heterocycles. The van der Waals surface area contributed by atoms with Crippen molar-refractivity contribution in [3.05, 3.63) is 18.0 Å². The molecular weight excluding hydrogens is 280 g/mol. The Morgan fingerprint density at radius 1 is 1.50 bits per heavy atom. The summed E-state index contributed by atoms with van der Waals surface area (Å²) in [6.07, 6.45) is 3.55. The van der Waals surface area contributed by atoms with E-state index in [0.29, 0.717) is 13.1 Å². The molecule has 6 nitrogen and oxygen atoms in total. The molecule has 0 spiro atoms. The van der Waals surface area contributed by atoms with Crippen LogP contribution in [0.3, 0.4) is 0 Å². The van der Waals surface area contributed by atoms with Gasteiger partial charge in [-0.2, -0.15) is 5.10 Å². The minimum atomic E-state index is -0.453. The van der Waals surface area contributed by atoms with Crippen molar-refractivity contribution in [2.45, 2.75) is 32.4 Å². The number of aryl methyl sites for hydroxylation is 1. The molecule has 0 saturated carbocycles. The van der Waals surface area contributed by atoms with E-state index in [1.165, 1.54) is 0 Å². The van der Waals surface area contributed by atoms with E-state index in [1.807, 2.05) is 40.2 Å². The van der Waals surface area contributed by atoms with Gasteiger partial charge in [-0.15, -0.1) is 12.4 Å². The van der Waals surface area contributed by atoms with Gasteiger partial charge in [0.25, 0.3) is 0 Å². The first-order valence-corrected chi connectivity index (χ1v) is 6.55. The summed E-state index contributed by atoms with van der Waals surface area (Å²) in [5.41, 5.74) is 0.641. The van der Waals surface area contributed by atoms with Gasteiger partial charge in [0.1, 0.15) is 5.60 Å². The number of carbonyl (C=O) groups excluding carboxylic acids is 1. The first-order chi connectivity index (χ1) is 8.85. The SMILES string of the molecule is Cl.Cn1cc(C2CN(C(=O)OC(C)(C)C)CCN2)cn1. The fraction of sp³-hybridized carbons (Fsp3) is 0.692. The van der Waals surface area contributed by atoms with E-state index in [4.69, 9.17) is 4.74 Å². The van der Waals surface area contributed by atoms with Crippen molar-refractivity contribution in [3.8, 4) is 0 Å². The summed E-state index contributed by atoms with van der Waals surface area (Å²) >= 11 is 0. The Balaban J connectivity index is 0.00000200. The van der Waals surface area contributed by atoms with Gasteiger partial charge in [0.15, 0.2) is 0 Å². The van der Waals surface area contributed by atoms with E-state index in [1.54, 1.807) is 9.58 Å². The zero-order chi connectivity index (χ0) is 14.0. The van der Waals surface area contributed by atoms with Crippen LogP contribution in [0.2, 0.25) is 0 Å². The summed E-state index contributed by atoms with van der Waals surface area (Å²) in [6, 6.07) is 0.120. The summed E-state index contributed by atoms with van der Waals surface area (Å²) in [5.74, 6) is 0. The molecule has 1 N–H and O–H groups in total. The third-order valence-corrected chi connectivity index (χ3v) is 2.95. The van der Waals surface area contributed by atoms with Gasteiger partial charge in [0, 0.05) is 38.4 Å². The molecule has 1 aromatic rings. The van der Waals surface area contributed by atoms with Gasteiger partial charge in [0.05, 0.1) is 12.2 Å². The number of nitrogens with one attached hydrogen (secondary N) is 1. The third kappa shape index (κ3) is 4.38. The highest BCUT2D eigenvalue weighted by Crippen LogP contribution is 2.18. The van der Waals surface area contributed by atoms with Crippen molar-refractivity contribution >= 4 is 18.5 Å². The lowest BCUT2D eigenvalue weighted by Crippen LogP contribution is -2.49. The lowest BCUT2D eigenvalue weighted by Gasteiger charge is -2.34. The lowest BCUT2D eigenvalue weighted by atomic mass is 10.1. The highest BCUT2D eigenvalue weighted by molar-refractivity contribution is 5.85. The Labute approximate surface area is 125 Å². The summed E-state index contributed by atoms with van der Waals surface area (Å²) < 4.78 is 7.17. The van der Waals surface area contributed by atoms with Crippen LogP contribution in [0.1, 0.15) is 32.4 Å². The van der Waals surface area contributed by atoms with Crippen LogP contribution in [-0.4, -0.2) is 46.0 Å². The van der Waals surface area contributed by atoms with Crippen molar-refractivity contribution in [1.29, 1.82) is 0 Å². The summed E-state index contributed by atoms with van der Waals surface area (Å²) in [5, 5.41) is 7.56. The molecule has 114 valence electrons. The molecule has 0 aromatic carbocycles. The van der Waals surface area contributed by atoms with Crippen LogP contribution in [0, 0.1) is 0 Å². The molecule has 1 amide bonds. The Hall–Kier alpha value is -1.27. The summed E-state index contributed by atoms with van der Waals surface area (Å²) in [6.45, 7) is 7.69. The van der Waals surface area contributed by atoms with E-state index in [2.05, 4.69) is 10.4 Å². The van der Waals surface area contributed by atoms with Crippen molar-refractivity contribution < 1.29 is 9.53 Å². The van der Waals surface area contributed by atoms with E-state index in [-0.39, 0.29) is 24.5 Å². The molecule has 1 aliphatic rings. The lowest BCUT2D eigenvalue weighted by molar-refractivity contribution is 0.0195. The summed E-state index contributed by atoms with van der Waals surface area (Å²) in [7, 11) is 1.89. The number of halogens is 1. The standard InChI is InChI=1S/C13H22N4O2.ClH/c1-13(2,3)19-12(18)17-6-5-14-11(9-17)10-7-15-16(4)8-10;/h7-8,11,14H,5-6,9H2,1-4H3;1H. The van der Waals surface area contributed by atoms with E-state index < -0.39 is 5.60 Å². The van der Waals surface area contributed by atoms with Crippen LogP contribution in [-0.2, 0) is 11.8 Å². The molecule has 7 heteroatoms. The third-order valence-electron chi connectivity index (χ3n) is 2.95. The number of ether oxygens (including phenoxy) is 1. The van der Waals surface area contributed by atoms with E-state index >= 15 is 0 Å². The second-order valence-corrected chi connectivity index (χ2v) is 5.88. The van der Waals surface area contributed by atoms with Gasteiger partial charge < -0.3 is 15.0 Å². The van der Waals surface area contributed by atoms with Gasteiger partial charge in [-0.3, -0.25) is 4.68 Å². The number of carbonyl (C=O) groups is 1. The van der Waals surface area contributed by atoms with Crippen molar-refractivity contribution in [2.24, 2.45) is 7.05 Å². The molecule has 0 aliphatic carbocycles.